The Balaban J connectivity index is 1.71. The van der Waals surface area contributed by atoms with Crippen molar-refractivity contribution in [1.29, 1.82) is 0 Å². The van der Waals surface area contributed by atoms with Crippen LogP contribution in [0.25, 0.3) is 11.0 Å². The van der Waals surface area contributed by atoms with Gasteiger partial charge in [0.25, 0.3) is 0 Å². The number of imidazole rings is 1. The van der Waals surface area contributed by atoms with Gasteiger partial charge in [-0.15, -0.1) is 0 Å². The summed E-state index contributed by atoms with van der Waals surface area (Å²) < 4.78 is 3.64. The van der Waals surface area contributed by atoms with Crippen LogP contribution in [0.3, 0.4) is 0 Å². The van der Waals surface area contributed by atoms with Crippen LogP contribution in [0.1, 0.15) is 37.5 Å². The van der Waals surface area contributed by atoms with Gasteiger partial charge in [0.1, 0.15) is 5.82 Å². The van der Waals surface area contributed by atoms with Crippen molar-refractivity contribution in [2.75, 3.05) is 13.1 Å². The number of nitrogens with one attached hydrogen (secondary N) is 1. The molecular weight excluding hydrogens is 314 g/mol. The Hall–Kier alpha value is -0.870. The molecule has 2 fully saturated rings. The number of hydrogen-bond acceptors (Lipinski definition) is 2. The molecule has 1 aromatic heterocycles. The molecule has 4 heteroatoms. The average Bonchev–Trinajstić information content (AvgIpc) is 3.22. The van der Waals surface area contributed by atoms with Gasteiger partial charge in [-0.2, -0.15) is 0 Å². The van der Waals surface area contributed by atoms with Gasteiger partial charge >= 0.3 is 0 Å². The van der Waals surface area contributed by atoms with E-state index in [1.165, 1.54) is 50.1 Å². The number of halogens is 1. The van der Waals surface area contributed by atoms with Gasteiger partial charge in [-0.25, -0.2) is 4.98 Å². The first-order chi connectivity index (χ1) is 9.81. The third kappa shape index (κ3) is 2.40. The van der Waals surface area contributed by atoms with Crippen LogP contribution in [-0.4, -0.2) is 22.6 Å². The maximum Gasteiger partial charge on any atom is 0.110 e. The number of hydrogen-bond donors (Lipinski definition) is 1. The molecule has 0 unspecified atom stereocenters. The maximum absolute atomic E-state index is 4.94. The van der Waals surface area contributed by atoms with Gasteiger partial charge in [-0.1, -0.05) is 15.9 Å². The van der Waals surface area contributed by atoms with Crippen molar-refractivity contribution in [1.82, 2.24) is 14.9 Å². The fourth-order valence-electron chi connectivity index (χ4n) is 3.35. The van der Waals surface area contributed by atoms with Gasteiger partial charge in [0.05, 0.1) is 11.0 Å². The first-order valence-corrected chi connectivity index (χ1v) is 8.47. The molecule has 4 rings (SSSR count). The lowest BCUT2D eigenvalue weighted by Gasteiger charge is -2.22. The van der Waals surface area contributed by atoms with Crippen LogP contribution in [0.2, 0.25) is 0 Å². The smallest absolute Gasteiger partial charge is 0.110 e. The summed E-state index contributed by atoms with van der Waals surface area (Å²) in [6.45, 7) is 2.33. The normalized spacial score (nSPS) is 20.6. The Bertz CT molecular complexity index is 624. The lowest BCUT2D eigenvalue weighted by atomic mass is 9.94. The lowest BCUT2D eigenvalue weighted by Crippen LogP contribution is -2.29. The standard InChI is InChI=1S/C16H20BrN3/c17-12-1-4-15-14(10-12)19-16(20(15)13-2-3-13)9-11-5-7-18-8-6-11/h1,4,10-11,13,18H,2-3,5-9H2. The topological polar surface area (TPSA) is 29.9 Å². The first kappa shape index (κ1) is 12.8. The maximum atomic E-state index is 4.94. The number of rotatable bonds is 3. The number of aromatic nitrogens is 2. The monoisotopic (exact) mass is 333 g/mol. The Morgan fingerprint density at radius 3 is 2.75 bits per heavy atom. The zero-order valence-electron chi connectivity index (χ0n) is 11.6. The molecule has 1 saturated carbocycles. The van der Waals surface area contributed by atoms with Gasteiger partial charge in [-0.05, 0) is 62.9 Å². The molecule has 0 spiro atoms. The van der Waals surface area contributed by atoms with Crippen molar-refractivity contribution in [3.05, 3.63) is 28.5 Å². The number of benzene rings is 1. The molecule has 1 N–H and O–H groups in total. The molecule has 1 aromatic carbocycles. The molecule has 2 heterocycles. The molecule has 0 amide bonds. The molecule has 1 aliphatic heterocycles. The molecule has 1 saturated heterocycles. The van der Waals surface area contributed by atoms with Crippen molar-refractivity contribution in [3.63, 3.8) is 0 Å². The largest absolute Gasteiger partial charge is 0.325 e. The van der Waals surface area contributed by atoms with E-state index >= 15 is 0 Å². The van der Waals surface area contributed by atoms with E-state index in [4.69, 9.17) is 4.98 Å². The lowest BCUT2D eigenvalue weighted by molar-refractivity contribution is 0.363. The van der Waals surface area contributed by atoms with E-state index in [0.29, 0.717) is 6.04 Å². The van der Waals surface area contributed by atoms with E-state index in [-0.39, 0.29) is 0 Å². The van der Waals surface area contributed by atoms with Crippen molar-refractivity contribution < 1.29 is 0 Å². The van der Waals surface area contributed by atoms with Crippen LogP contribution >= 0.6 is 15.9 Å². The van der Waals surface area contributed by atoms with Crippen LogP contribution in [0.5, 0.6) is 0 Å². The number of fused-ring (bicyclic) bond motifs is 1. The van der Waals surface area contributed by atoms with Crippen molar-refractivity contribution in [3.8, 4) is 0 Å². The summed E-state index contributed by atoms with van der Waals surface area (Å²) in [5, 5.41) is 3.45. The molecular formula is C16H20BrN3. The Morgan fingerprint density at radius 2 is 2.00 bits per heavy atom. The predicted molar refractivity (Wildman–Crippen MR) is 85.0 cm³/mol. The zero-order valence-corrected chi connectivity index (χ0v) is 13.2. The zero-order chi connectivity index (χ0) is 13.5. The van der Waals surface area contributed by atoms with Crippen LogP contribution in [-0.2, 0) is 6.42 Å². The van der Waals surface area contributed by atoms with Crippen LogP contribution in [0.4, 0.5) is 0 Å². The molecule has 2 aromatic rings. The van der Waals surface area contributed by atoms with Gasteiger partial charge in [-0.3, -0.25) is 0 Å². The van der Waals surface area contributed by atoms with E-state index in [2.05, 4.69) is 44.0 Å². The van der Waals surface area contributed by atoms with Crippen molar-refractivity contribution in [2.24, 2.45) is 5.92 Å². The van der Waals surface area contributed by atoms with Crippen molar-refractivity contribution >= 4 is 27.0 Å². The third-order valence-corrected chi connectivity index (χ3v) is 5.06. The fraction of sp³-hybridized carbons (Fsp3) is 0.562. The Kier molecular flexibility index (Phi) is 3.31. The SMILES string of the molecule is Brc1ccc2c(c1)nc(CC1CCNCC1)n2C1CC1. The van der Waals surface area contributed by atoms with E-state index in [1.807, 2.05) is 0 Å². The van der Waals surface area contributed by atoms with Gasteiger partial charge < -0.3 is 9.88 Å². The Labute approximate surface area is 127 Å². The highest BCUT2D eigenvalue weighted by Gasteiger charge is 2.29. The molecule has 3 nitrogen and oxygen atoms in total. The molecule has 20 heavy (non-hydrogen) atoms. The molecule has 0 bridgehead atoms. The van der Waals surface area contributed by atoms with E-state index < -0.39 is 0 Å². The van der Waals surface area contributed by atoms with Gasteiger partial charge in [0.15, 0.2) is 0 Å². The summed E-state index contributed by atoms with van der Waals surface area (Å²) in [4.78, 5) is 4.94. The second-order valence-corrected chi connectivity index (χ2v) is 7.08. The van der Waals surface area contributed by atoms with Gasteiger partial charge in [0.2, 0.25) is 0 Å². The second-order valence-electron chi connectivity index (χ2n) is 6.16. The molecule has 106 valence electrons. The molecule has 2 aliphatic rings. The van der Waals surface area contributed by atoms with Crippen molar-refractivity contribution in [2.45, 2.75) is 38.1 Å². The minimum Gasteiger partial charge on any atom is -0.325 e. The highest BCUT2D eigenvalue weighted by molar-refractivity contribution is 9.10. The minimum atomic E-state index is 0.706. The predicted octanol–water partition coefficient (Wildman–Crippen LogP) is 3.68. The summed E-state index contributed by atoms with van der Waals surface area (Å²) >= 11 is 3.56. The highest BCUT2D eigenvalue weighted by atomic mass is 79.9. The average molecular weight is 334 g/mol. The van der Waals surface area contributed by atoms with E-state index in [1.54, 1.807) is 0 Å². The summed E-state index contributed by atoms with van der Waals surface area (Å²) in [7, 11) is 0. The van der Waals surface area contributed by atoms with E-state index in [0.717, 1.165) is 22.3 Å². The van der Waals surface area contributed by atoms with Crippen LogP contribution in [0, 0.1) is 5.92 Å². The van der Waals surface area contributed by atoms with E-state index in [9.17, 15) is 0 Å². The fourth-order valence-corrected chi connectivity index (χ4v) is 3.70. The molecule has 0 atom stereocenters. The minimum absolute atomic E-state index is 0.706. The Morgan fingerprint density at radius 1 is 1.20 bits per heavy atom. The molecule has 0 radical (unpaired) electrons. The highest BCUT2D eigenvalue weighted by Crippen LogP contribution is 2.39. The summed E-state index contributed by atoms with van der Waals surface area (Å²) in [5.74, 6) is 2.11. The number of nitrogens with zero attached hydrogens (tertiary/aromatic N) is 2. The quantitative estimate of drug-likeness (QED) is 0.928. The third-order valence-electron chi connectivity index (χ3n) is 4.57. The first-order valence-electron chi connectivity index (χ1n) is 7.68. The summed E-state index contributed by atoms with van der Waals surface area (Å²) in [6.07, 6.45) is 6.36. The van der Waals surface area contributed by atoms with Crippen LogP contribution < -0.4 is 5.32 Å². The number of piperidine rings is 1. The summed E-state index contributed by atoms with van der Waals surface area (Å²) in [6, 6.07) is 7.21. The van der Waals surface area contributed by atoms with Gasteiger partial charge in [0, 0.05) is 16.9 Å². The summed E-state index contributed by atoms with van der Waals surface area (Å²) in [5.41, 5.74) is 2.47. The second kappa shape index (κ2) is 5.15. The molecule has 1 aliphatic carbocycles. The van der Waals surface area contributed by atoms with Crippen LogP contribution in [0.15, 0.2) is 22.7 Å².